The molecule has 0 aliphatic rings. The number of azo groups is 3. The zero-order chi connectivity index (χ0) is 42.3. The third kappa shape index (κ3) is 11.6. The summed E-state index contributed by atoms with van der Waals surface area (Å²) in [6, 6.07) is 26.1. The van der Waals surface area contributed by atoms with Gasteiger partial charge in [-0.15, -0.1) is 25.6 Å². The quantitative estimate of drug-likeness (QED) is 0.0283. The van der Waals surface area contributed by atoms with E-state index in [0.29, 0.717) is 27.5 Å². The smallest absolute Gasteiger partial charge is 0.294 e. The van der Waals surface area contributed by atoms with Gasteiger partial charge in [-0.3, -0.25) is 13.7 Å². The molecule has 0 bridgehead atoms. The van der Waals surface area contributed by atoms with Crippen molar-refractivity contribution >= 4 is 197 Å². The fourth-order valence-electron chi connectivity index (χ4n) is 5.91. The van der Waals surface area contributed by atoms with Crippen LogP contribution in [0.15, 0.2) is 166 Å². The van der Waals surface area contributed by atoms with E-state index in [-0.39, 0.29) is 150 Å². The fourth-order valence-corrected chi connectivity index (χ4v) is 7.44. The van der Waals surface area contributed by atoms with Crippen LogP contribution in [0.25, 0.3) is 32.3 Å². The number of phenols is 1. The molecule has 62 heavy (non-hydrogen) atoms. The Morgan fingerprint density at radius 2 is 0.823 bits per heavy atom. The molecule has 7 rings (SSSR count). The van der Waals surface area contributed by atoms with E-state index in [1.165, 1.54) is 73.7 Å². The number of phenolic OH excluding ortho intramolecular Hbond substituents is 1. The first-order chi connectivity index (χ1) is 27.8. The number of hydrogen-bond acceptors (Lipinski definition) is 14. The molecule has 7 aromatic rings. The summed E-state index contributed by atoms with van der Waals surface area (Å²) in [4.78, 5) is 2.67. The van der Waals surface area contributed by atoms with Crippen molar-refractivity contribution in [1.29, 1.82) is 0 Å². The number of hydrogen-bond donors (Lipinski definition) is 5. The Morgan fingerprint density at radius 1 is 0.435 bits per heavy atom. The summed E-state index contributed by atoms with van der Waals surface area (Å²) < 4.78 is 101. The van der Waals surface area contributed by atoms with Gasteiger partial charge in [0.25, 0.3) is 30.4 Å². The second-order valence-electron chi connectivity index (χ2n) is 12.6. The number of fused-ring (bicyclic) bond motifs is 3. The molecule has 0 unspecified atom stereocenters. The zero-order valence-corrected chi connectivity index (χ0v) is 41.5. The normalized spacial score (nSPS) is 12.5. The van der Waals surface area contributed by atoms with E-state index in [1.54, 1.807) is 30.3 Å². The van der Waals surface area contributed by atoms with Crippen LogP contribution < -0.4 is 0 Å². The number of aliphatic imine (C=N–C) groups is 1. The van der Waals surface area contributed by atoms with E-state index in [9.17, 15) is 49.1 Å². The van der Waals surface area contributed by atoms with Crippen molar-refractivity contribution in [2.45, 2.75) is 21.6 Å². The second-order valence-corrected chi connectivity index (χ2v) is 16.9. The van der Waals surface area contributed by atoms with Gasteiger partial charge in [-0.25, -0.2) is 4.99 Å². The average Bonchev–Trinajstić information content (AvgIpc) is 3.18. The molecule has 0 aliphatic carbocycles. The summed E-state index contributed by atoms with van der Waals surface area (Å²) in [7, 11) is -13.9. The standard InChI is InChI=1S/C38H27N7O11S3.3Na/c1-21(46)39-23-3-5-24(6-4-23)40-41-35-15-13-33(29-11-8-26(19-31(29)35)58(51,52)53)42-43-34-14-16-36(32-20-27(59(54,55)56)9-12-30(32)34)44-45-38-28-10-7-25(57(48,49)50)18-22(28)2-17-37(38)47;;;/h2-20,47H,1H3,(H,39,46)(H,48,49,50)(H,51,52,53)(H,54,55,56);;;. The summed E-state index contributed by atoms with van der Waals surface area (Å²) in [5.41, 5.74) is 1.54. The van der Waals surface area contributed by atoms with Crippen molar-refractivity contribution < 1.29 is 49.1 Å². The first-order valence-electron chi connectivity index (χ1n) is 16.8. The minimum atomic E-state index is -4.70. The molecule has 7 aromatic carbocycles. The number of benzene rings is 7. The van der Waals surface area contributed by atoms with Gasteiger partial charge in [-0.05, 0) is 96.4 Å². The van der Waals surface area contributed by atoms with Gasteiger partial charge in [-0.1, -0.05) is 24.3 Å². The van der Waals surface area contributed by atoms with E-state index >= 15 is 0 Å². The molecule has 0 fully saturated rings. The van der Waals surface area contributed by atoms with Crippen LogP contribution in [-0.4, -0.2) is 144 Å². The van der Waals surface area contributed by atoms with Crippen LogP contribution in [0.5, 0.6) is 5.75 Å². The van der Waals surface area contributed by atoms with Crippen molar-refractivity contribution in [2.24, 2.45) is 35.7 Å². The van der Waals surface area contributed by atoms with Crippen LogP contribution in [0, 0.1) is 0 Å². The summed E-state index contributed by atoms with van der Waals surface area (Å²) >= 11 is 0. The summed E-state index contributed by atoms with van der Waals surface area (Å²) in [5.74, 6) is -0.448. The van der Waals surface area contributed by atoms with Gasteiger partial charge in [-0.2, -0.15) is 30.4 Å². The van der Waals surface area contributed by atoms with Crippen LogP contribution in [0.4, 0.5) is 39.8 Å². The molecule has 0 aromatic heterocycles. The molecule has 24 heteroatoms. The van der Waals surface area contributed by atoms with Gasteiger partial charge in [0.2, 0.25) is 0 Å². The van der Waals surface area contributed by atoms with E-state index in [2.05, 4.69) is 35.7 Å². The Bertz CT molecular complexity index is 3350. The van der Waals surface area contributed by atoms with Crippen molar-refractivity contribution in [2.75, 3.05) is 0 Å². The number of rotatable bonds is 10. The Morgan fingerprint density at radius 3 is 1.27 bits per heavy atom. The third-order valence-corrected chi connectivity index (χ3v) is 11.2. The van der Waals surface area contributed by atoms with Gasteiger partial charge in [0.05, 0.1) is 48.8 Å². The summed E-state index contributed by atoms with van der Waals surface area (Å²) in [6.07, 6.45) is 0. The fraction of sp³-hybridized carbons (Fsp3) is 0.0263. The molecule has 0 atom stereocenters. The first-order valence-corrected chi connectivity index (χ1v) is 21.1. The van der Waals surface area contributed by atoms with Gasteiger partial charge in [0, 0.05) is 123 Å². The predicted molar refractivity (Wildman–Crippen MR) is 235 cm³/mol. The van der Waals surface area contributed by atoms with Gasteiger partial charge in [0.15, 0.2) is 5.90 Å². The number of aliphatic hydroxyl groups is 1. The average molecular weight is 923 g/mol. The van der Waals surface area contributed by atoms with E-state index in [0.717, 1.165) is 18.2 Å². The third-order valence-electron chi connectivity index (χ3n) is 8.66. The zero-order valence-electron chi connectivity index (χ0n) is 33.0. The molecule has 0 aliphatic heterocycles. The summed E-state index contributed by atoms with van der Waals surface area (Å²) in [6.45, 7) is 1.43. The van der Waals surface area contributed by atoms with E-state index in [4.69, 9.17) is 0 Å². The number of aromatic hydroxyl groups is 1. The van der Waals surface area contributed by atoms with Crippen molar-refractivity contribution in [3.63, 3.8) is 0 Å². The minimum Gasteiger partial charge on any atom is -0.506 e. The SMILES string of the molecule is CC(O)=Nc1ccc(N=Nc2ccc(N=Nc3ccc(N=Nc4c(O)ccc5cc(S(=O)(=O)O)ccc45)c4cc(S(=O)(=O)O)ccc34)c3ccc(S(=O)(=O)O)cc23)cc1.[Na].[Na].[Na]. The molecule has 0 heterocycles. The van der Waals surface area contributed by atoms with Crippen LogP contribution in [0.1, 0.15) is 6.92 Å². The molecule has 3 radical (unpaired) electrons. The Kier molecular flexibility index (Phi) is 16.6. The molecular weight excluding hydrogens is 896 g/mol. The molecule has 0 amide bonds. The molecule has 301 valence electrons. The van der Waals surface area contributed by atoms with E-state index < -0.39 is 40.1 Å². The predicted octanol–water partition coefficient (Wildman–Crippen LogP) is 9.30. The molecule has 18 nitrogen and oxygen atoms in total. The maximum Gasteiger partial charge on any atom is 0.294 e. The van der Waals surface area contributed by atoms with Crippen LogP contribution in [-0.2, 0) is 30.4 Å². The monoisotopic (exact) mass is 922 g/mol. The van der Waals surface area contributed by atoms with Crippen LogP contribution in [0.3, 0.4) is 0 Å². The minimum absolute atomic E-state index is 0. The molecule has 5 N–H and O–H groups in total. The molecule has 0 saturated carbocycles. The van der Waals surface area contributed by atoms with Crippen molar-refractivity contribution in [1.82, 2.24) is 0 Å². The number of aliphatic hydroxyl groups excluding tert-OH is 1. The van der Waals surface area contributed by atoms with Gasteiger partial charge >= 0.3 is 0 Å². The van der Waals surface area contributed by atoms with Crippen molar-refractivity contribution in [3.8, 4) is 5.75 Å². The summed E-state index contributed by atoms with van der Waals surface area (Å²) in [5, 5.41) is 47.4. The van der Waals surface area contributed by atoms with E-state index in [1.807, 2.05) is 0 Å². The topological polar surface area (TPSA) is 290 Å². The van der Waals surface area contributed by atoms with Gasteiger partial charge in [0.1, 0.15) is 11.4 Å². The largest absolute Gasteiger partial charge is 0.506 e. The Hall–Kier alpha value is -3.88. The second kappa shape index (κ2) is 20.3. The Balaban J connectivity index is 0.00000282. The molecular formula is C38H27N7Na3O11S3. The number of nitrogens with zero attached hydrogens (tertiary/aromatic N) is 7. The first kappa shape index (κ1) is 50.8. The molecule has 0 saturated heterocycles. The van der Waals surface area contributed by atoms with Crippen LogP contribution >= 0.6 is 0 Å². The van der Waals surface area contributed by atoms with Gasteiger partial charge < -0.3 is 10.2 Å². The van der Waals surface area contributed by atoms with Crippen LogP contribution in [0.2, 0.25) is 0 Å². The maximum atomic E-state index is 12.2. The Labute approximate surface area is 419 Å². The maximum absolute atomic E-state index is 12.2. The van der Waals surface area contributed by atoms with Crippen molar-refractivity contribution in [3.05, 3.63) is 115 Å². The molecule has 0 spiro atoms.